The van der Waals surface area contributed by atoms with Crippen LogP contribution >= 0.6 is 0 Å². The fraction of sp³-hybridized carbons (Fsp3) is 0.500. The molecule has 0 aliphatic carbocycles. The minimum Gasteiger partial charge on any atom is -0.480 e. The number of ether oxygens (including phenoxy) is 2. The van der Waals surface area contributed by atoms with Gasteiger partial charge in [0.2, 0.25) is 5.88 Å². The summed E-state index contributed by atoms with van der Waals surface area (Å²) in [5, 5.41) is 8.61. The van der Waals surface area contributed by atoms with Crippen LogP contribution in [-0.2, 0) is 0 Å². The molecule has 3 rings (SSSR count). The fourth-order valence-corrected chi connectivity index (χ4v) is 2.81. The van der Waals surface area contributed by atoms with E-state index < -0.39 is 0 Å². The molecule has 1 aliphatic rings. The normalized spacial score (nSPS) is 14.7. The van der Waals surface area contributed by atoms with Crippen molar-refractivity contribution in [1.29, 1.82) is 0 Å². The van der Waals surface area contributed by atoms with Crippen LogP contribution in [0.15, 0.2) is 12.3 Å². The van der Waals surface area contributed by atoms with Crippen LogP contribution in [0, 0.1) is 6.92 Å². The summed E-state index contributed by atoms with van der Waals surface area (Å²) >= 11 is 0. The second kappa shape index (κ2) is 6.76. The first-order valence-electron chi connectivity index (χ1n) is 7.77. The Hall–Kier alpha value is -2.44. The standard InChI is InChI=1S/C16H21N5O2/c1-11-14(21-7-5-4-6-8-21)9-13(20-19-11)12-10-17-16(23-3)18-15(12)22-2/h9-10H,4-8H2,1-3H3. The lowest BCUT2D eigenvalue weighted by Crippen LogP contribution is -2.30. The quantitative estimate of drug-likeness (QED) is 0.856. The van der Waals surface area contributed by atoms with Gasteiger partial charge in [-0.1, -0.05) is 0 Å². The Balaban J connectivity index is 2.00. The predicted octanol–water partition coefficient (Wildman–Crippen LogP) is 2.25. The van der Waals surface area contributed by atoms with E-state index in [0.29, 0.717) is 17.1 Å². The Morgan fingerprint density at radius 3 is 2.52 bits per heavy atom. The first kappa shape index (κ1) is 15.5. The molecule has 0 unspecified atom stereocenters. The van der Waals surface area contributed by atoms with E-state index in [2.05, 4.69) is 25.1 Å². The molecule has 0 atom stereocenters. The third kappa shape index (κ3) is 3.18. The fourth-order valence-electron chi connectivity index (χ4n) is 2.81. The molecule has 0 spiro atoms. The minimum absolute atomic E-state index is 0.266. The lowest BCUT2D eigenvalue weighted by Gasteiger charge is -2.29. The van der Waals surface area contributed by atoms with Gasteiger partial charge in [0.15, 0.2) is 0 Å². The number of rotatable bonds is 4. The molecule has 0 N–H and O–H groups in total. The average molecular weight is 315 g/mol. The zero-order valence-corrected chi connectivity index (χ0v) is 13.7. The number of aromatic nitrogens is 4. The number of methoxy groups -OCH3 is 2. The summed E-state index contributed by atoms with van der Waals surface area (Å²) in [5.41, 5.74) is 3.46. The van der Waals surface area contributed by atoms with E-state index in [9.17, 15) is 0 Å². The van der Waals surface area contributed by atoms with Crippen molar-refractivity contribution in [2.75, 3.05) is 32.2 Å². The second-order valence-electron chi connectivity index (χ2n) is 5.53. The maximum absolute atomic E-state index is 5.35. The highest BCUT2D eigenvalue weighted by Gasteiger charge is 2.18. The maximum atomic E-state index is 5.35. The van der Waals surface area contributed by atoms with E-state index in [1.165, 1.54) is 26.4 Å². The van der Waals surface area contributed by atoms with Crippen molar-refractivity contribution in [3.63, 3.8) is 0 Å². The molecule has 1 fully saturated rings. The number of hydrogen-bond donors (Lipinski definition) is 0. The van der Waals surface area contributed by atoms with E-state index >= 15 is 0 Å². The Morgan fingerprint density at radius 1 is 1.04 bits per heavy atom. The molecule has 0 saturated carbocycles. The molecule has 7 nitrogen and oxygen atoms in total. The topological polar surface area (TPSA) is 73.3 Å². The molecule has 0 radical (unpaired) electrons. The Bertz CT molecular complexity index is 686. The summed E-state index contributed by atoms with van der Waals surface area (Å²) in [6.07, 6.45) is 5.38. The summed E-state index contributed by atoms with van der Waals surface area (Å²) in [7, 11) is 3.09. The van der Waals surface area contributed by atoms with Gasteiger partial charge in [-0.05, 0) is 32.3 Å². The number of nitrogens with zero attached hydrogens (tertiary/aromatic N) is 5. The van der Waals surface area contributed by atoms with Gasteiger partial charge >= 0.3 is 6.01 Å². The van der Waals surface area contributed by atoms with Crippen molar-refractivity contribution in [2.24, 2.45) is 0 Å². The Morgan fingerprint density at radius 2 is 1.83 bits per heavy atom. The summed E-state index contributed by atoms with van der Waals surface area (Å²) in [6, 6.07) is 2.31. The van der Waals surface area contributed by atoms with Crippen LogP contribution in [0.3, 0.4) is 0 Å². The second-order valence-corrected chi connectivity index (χ2v) is 5.53. The lowest BCUT2D eigenvalue weighted by molar-refractivity contribution is 0.353. The third-order valence-electron chi connectivity index (χ3n) is 4.03. The van der Waals surface area contributed by atoms with E-state index in [0.717, 1.165) is 24.5 Å². The molecular weight excluding hydrogens is 294 g/mol. The molecule has 0 bridgehead atoms. The van der Waals surface area contributed by atoms with E-state index in [4.69, 9.17) is 9.47 Å². The van der Waals surface area contributed by atoms with Crippen molar-refractivity contribution >= 4 is 5.69 Å². The molecule has 3 heterocycles. The van der Waals surface area contributed by atoms with Crippen molar-refractivity contribution in [1.82, 2.24) is 20.2 Å². The number of hydrogen-bond acceptors (Lipinski definition) is 7. The first-order valence-corrected chi connectivity index (χ1v) is 7.77. The van der Waals surface area contributed by atoms with Gasteiger partial charge in [-0.2, -0.15) is 10.1 Å². The largest absolute Gasteiger partial charge is 0.480 e. The summed E-state index contributed by atoms with van der Waals surface area (Å²) < 4.78 is 10.4. The average Bonchev–Trinajstić information content (AvgIpc) is 2.62. The van der Waals surface area contributed by atoms with Crippen LogP contribution in [-0.4, -0.2) is 47.5 Å². The highest BCUT2D eigenvalue weighted by molar-refractivity contribution is 5.68. The van der Waals surface area contributed by atoms with Crippen molar-refractivity contribution in [3.8, 4) is 23.1 Å². The van der Waals surface area contributed by atoms with Crippen LogP contribution in [0.5, 0.6) is 11.9 Å². The first-order chi connectivity index (χ1) is 11.2. The molecule has 7 heteroatoms. The molecule has 1 saturated heterocycles. The smallest absolute Gasteiger partial charge is 0.319 e. The van der Waals surface area contributed by atoms with E-state index in [1.54, 1.807) is 13.3 Å². The lowest BCUT2D eigenvalue weighted by atomic mass is 10.1. The number of anilines is 1. The molecule has 122 valence electrons. The maximum Gasteiger partial charge on any atom is 0.319 e. The summed E-state index contributed by atoms with van der Waals surface area (Å²) in [6.45, 7) is 4.10. The summed E-state index contributed by atoms with van der Waals surface area (Å²) in [5.74, 6) is 0.430. The molecule has 0 amide bonds. The zero-order valence-electron chi connectivity index (χ0n) is 13.7. The predicted molar refractivity (Wildman–Crippen MR) is 87.0 cm³/mol. The van der Waals surface area contributed by atoms with Crippen LogP contribution < -0.4 is 14.4 Å². The van der Waals surface area contributed by atoms with Crippen LogP contribution in [0.25, 0.3) is 11.3 Å². The van der Waals surface area contributed by atoms with Gasteiger partial charge in [-0.15, -0.1) is 5.10 Å². The van der Waals surface area contributed by atoms with Gasteiger partial charge in [0.1, 0.15) is 5.69 Å². The number of piperidine rings is 1. The molecule has 0 aromatic carbocycles. The van der Waals surface area contributed by atoms with Crippen molar-refractivity contribution in [2.45, 2.75) is 26.2 Å². The Labute approximate surface area is 135 Å². The molecule has 2 aromatic heterocycles. The van der Waals surface area contributed by atoms with Gasteiger partial charge in [0, 0.05) is 19.3 Å². The third-order valence-corrected chi connectivity index (χ3v) is 4.03. The number of aryl methyl sites for hydroxylation is 1. The molecule has 2 aromatic rings. The molecule has 23 heavy (non-hydrogen) atoms. The van der Waals surface area contributed by atoms with Gasteiger partial charge in [0.05, 0.1) is 31.2 Å². The summed E-state index contributed by atoms with van der Waals surface area (Å²) in [4.78, 5) is 10.7. The monoisotopic (exact) mass is 315 g/mol. The van der Waals surface area contributed by atoms with Crippen LogP contribution in [0.2, 0.25) is 0 Å². The van der Waals surface area contributed by atoms with E-state index in [1.807, 2.05) is 13.0 Å². The van der Waals surface area contributed by atoms with Crippen LogP contribution in [0.1, 0.15) is 25.0 Å². The Kier molecular flexibility index (Phi) is 4.55. The molecular formula is C16H21N5O2. The van der Waals surface area contributed by atoms with Gasteiger partial charge < -0.3 is 14.4 Å². The highest BCUT2D eigenvalue weighted by atomic mass is 16.5. The van der Waals surface area contributed by atoms with E-state index in [-0.39, 0.29) is 6.01 Å². The zero-order chi connectivity index (χ0) is 16.2. The SMILES string of the molecule is COc1ncc(-c2cc(N3CCCCC3)c(C)nn2)c(OC)n1. The molecule has 1 aliphatic heterocycles. The van der Waals surface area contributed by atoms with Crippen molar-refractivity contribution in [3.05, 3.63) is 18.0 Å². The van der Waals surface area contributed by atoms with Gasteiger partial charge in [0.25, 0.3) is 0 Å². The van der Waals surface area contributed by atoms with Crippen LogP contribution in [0.4, 0.5) is 5.69 Å². The van der Waals surface area contributed by atoms with Gasteiger partial charge in [-0.3, -0.25) is 0 Å². The van der Waals surface area contributed by atoms with Crippen molar-refractivity contribution < 1.29 is 9.47 Å². The highest BCUT2D eigenvalue weighted by Crippen LogP contribution is 2.31. The minimum atomic E-state index is 0.266. The van der Waals surface area contributed by atoms with Gasteiger partial charge in [-0.25, -0.2) is 4.98 Å².